The van der Waals surface area contributed by atoms with Gasteiger partial charge < -0.3 is 25.2 Å². The lowest BCUT2D eigenvalue weighted by atomic mass is 9.86. The summed E-state index contributed by atoms with van der Waals surface area (Å²) >= 11 is 0. The van der Waals surface area contributed by atoms with E-state index in [1.807, 2.05) is 12.1 Å². The van der Waals surface area contributed by atoms with Gasteiger partial charge in [-0.15, -0.1) is 0 Å². The lowest BCUT2D eigenvalue weighted by Crippen LogP contribution is -2.45. The minimum absolute atomic E-state index is 0.0293. The number of piperazine rings is 1. The first kappa shape index (κ1) is 20.3. The maximum absolute atomic E-state index is 12.9. The molecule has 6 heteroatoms. The second-order valence-corrected chi connectivity index (χ2v) is 8.71. The minimum atomic E-state index is 0.0293. The predicted octanol–water partition coefficient (Wildman–Crippen LogP) is 2.22. The molecule has 5 rings (SSSR count). The van der Waals surface area contributed by atoms with Crippen LogP contribution >= 0.6 is 0 Å². The summed E-state index contributed by atoms with van der Waals surface area (Å²) in [7, 11) is 0. The lowest BCUT2D eigenvalue weighted by Gasteiger charge is -2.34. The van der Waals surface area contributed by atoms with E-state index in [4.69, 9.17) is 4.74 Å². The molecule has 2 heterocycles. The highest BCUT2D eigenvalue weighted by molar-refractivity contribution is 5.94. The molecule has 0 aromatic heterocycles. The summed E-state index contributed by atoms with van der Waals surface area (Å²) < 4.78 is 5.43. The third-order valence-corrected chi connectivity index (χ3v) is 6.76. The van der Waals surface area contributed by atoms with Gasteiger partial charge in [0.1, 0.15) is 0 Å². The number of hydrogen-bond acceptors (Lipinski definition) is 5. The summed E-state index contributed by atoms with van der Waals surface area (Å²) in [6, 6.07) is 14.9. The van der Waals surface area contributed by atoms with Crippen molar-refractivity contribution in [2.75, 3.05) is 62.3 Å². The summed E-state index contributed by atoms with van der Waals surface area (Å²) in [4.78, 5) is 17.7. The molecule has 6 nitrogen and oxygen atoms in total. The highest BCUT2D eigenvalue weighted by atomic mass is 16.5. The minimum Gasteiger partial charge on any atom is -0.378 e. The van der Waals surface area contributed by atoms with E-state index in [0.29, 0.717) is 0 Å². The van der Waals surface area contributed by atoms with E-state index in [9.17, 15) is 4.79 Å². The fraction of sp³-hybridized carbons (Fsp3) is 0.480. The quantitative estimate of drug-likeness (QED) is 0.795. The van der Waals surface area contributed by atoms with E-state index >= 15 is 0 Å². The van der Waals surface area contributed by atoms with Crippen molar-refractivity contribution in [2.45, 2.75) is 25.3 Å². The van der Waals surface area contributed by atoms with Gasteiger partial charge in [-0.05, 0) is 60.7 Å². The molecule has 2 saturated heterocycles. The standard InChI is InChI=1S/C25H32N4O2/c30-25(20-5-8-22(9-6-20)28-14-16-31-17-15-28)27-21-7-4-19-2-1-3-24(23(19)18-21)29-12-10-26-11-13-29/h1-3,5-6,8-9,21,26H,4,7,10-18H2,(H,27,30). The number of nitrogens with zero attached hydrogens (tertiary/aromatic N) is 2. The molecular formula is C25H32N4O2. The molecule has 3 aliphatic rings. The van der Waals surface area contributed by atoms with Crippen molar-refractivity contribution in [3.63, 3.8) is 0 Å². The Hall–Kier alpha value is -2.57. The number of amides is 1. The fourth-order valence-electron chi connectivity index (χ4n) is 5.01. The largest absolute Gasteiger partial charge is 0.378 e. The van der Waals surface area contributed by atoms with Crippen LogP contribution in [0.5, 0.6) is 0 Å². The molecule has 1 atom stereocenters. The Morgan fingerprint density at radius 1 is 0.968 bits per heavy atom. The predicted molar refractivity (Wildman–Crippen MR) is 124 cm³/mol. The number of anilines is 2. The van der Waals surface area contributed by atoms with Gasteiger partial charge in [0.15, 0.2) is 0 Å². The van der Waals surface area contributed by atoms with Crippen LogP contribution in [-0.2, 0) is 17.6 Å². The Bertz CT molecular complexity index is 902. The molecule has 2 aromatic rings. The number of nitrogens with one attached hydrogen (secondary N) is 2. The fourth-order valence-corrected chi connectivity index (χ4v) is 5.01. The summed E-state index contributed by atoms with van der Waals surface area (Å²) in [5, 5.41) is 6.74. The molecule has 0 radical (unpaired) electrons. The average Bonchev–Trinajstić information content (AvgIpc) is 2.85. The third-order valence-electron chi connectivity index (χ3n) is 6.76. The summed E-state index contributed by atoms with van der Waals surface area (Å²) in [6.45, 7) is 7.49. The SMILES string of the molecule is O=C(NC1CCc2cccc(N3CCNCC3)c2C1)c1ccc(N2CCOCC2)cc1. The number of rotatable bonds is 4. The maximum Gasteiger partial charge on any atom is 0.251 e. The molecule has 0 spiro atoms. The number of hydrogen-bond donors (Lipinski definition) is 2. The van der Waals surface area contributed by atoms with Crippen LogP contribution in [0.25, 0.3) is 0 Å². The molecule has 31 heavy (non-hydrogen) atoms. The molecular weight excluding hydrogens is 388 g/mol. The number of benzene rings is 2. The molecule has 164 valence electrons. The van der Waals surface area contributed by atoms with Gasteiger partial charge in [0.2, 0.25) is 0 Å². The van der Waals surface area contributed by atoms with E-state index in [1.165, 1.54) is 16.8 Å². The second-order valence-electron chi connectivity index (χ2n) is 8.71. The molecule has 1 aliphatic carbocycles. The van der Waals surface area contributed by atoms with Crippen molar-refractivity contribution in [2.24, 2.45) is 0 Å². The van der Waals surface area contributed by atoms with Crippen LogP contribution in [0.15, 0.2) is 42.5 Å². The second kappa shape index (κ2) is 9.28. The third kappa shape index (κ3) is 4.55. The number of carbonyl (C=O) groups is 1. The van der Waals surface area contributed by atoms with Gasteiger partial charge in [-0.1, -0.05) is 12.1 Å². The summed E-state index contributed by atoms with van der Waals surface area (Å²) in [5.74, 6) is 0.0293. The van der Waals surface area contributed by atoms with Gasteiger partial charge in [0.05, 0.1) is 13.2 Å². The highest BCUT2D eigenvalue weighted by Gasteiger charge is 2.25. The molecule has 0 bridgehead atoms. The topological polar surface area (TPSA) is 56.8 Å². The Labute approximate surface area is 184 Å². The molecule has 2 aliphatic heterocycles. The van der Waals surface area contributed by atoms with Crippen LogP contribution in [0.2, 0.25) is 0 Å². The number of carbonyl (C=O) groups excluding carboxylic acids is 1. The van der Waals surface area contributed by atoms with Gasteiger partial charge in [0.25, 0.3) is 5.91 Å². The lowest BCUT2D eigenvalue weighted by molar-refractivity contribution is 0.0933. The highest BCUT2D eigenvalue weighted by Crippen LogP contribution is 2.31. The molecule has 0 saturated carbocycles. The van der Waals surface area contributed by atoms with Gasteiger partial charge in [-0.25, -0.2) is 0 Å². The first-order valence-electron chi connectivity index (χ1n) is 11.6. The molecule has 1 amide bonds. The Balaban J connectivity index is 1.25. The Morgan fingerprint density at radius 3 is 2.52 bits per heavy atom. The monoisotopic (exact) mass is 420 g/mol. The smallest absolute Gasteiger partial charge is 0.251 e. The zero-order chi connectivity index (χ0) is 21.0. The summed E-state index contributed by atoms with van der Waals surface area (Å²) in [6.07, 6.45) is 2.93. The average molecular weight is 421 g/mol. The van der Waals surface area contributed by atoms with Crippen LogP contribution in [0.1, 0.15) is 27.9 Å². The van der Waals surface area contributed by atoms with Crippen molar-refractivity contribution in [3.05, 3.63) is 59.2 Å². The normalized spacial score (nSPS) is 21.5. The van der Waals surface area contributed by atoms with E-state index in [-0.39, 0.29) is 11.9 Å². The summed E-state index contributed by atoms with van der Waals surface area (Å²) in [5.41, 5.74) is 6.11. The first-order valence-corrected chi connectivity index (χ1v) is 11.6. The van der Waals surface area contributed by atoms with E-state index < -0.39 is 0 Å². The van der Waals surface area contributed by atoms with E-state index in [2.05, 4.69) is 50.8 Å². The van der Waals surface area contributed by atoms with Crippen LogP contribution in [0.4, 0.5) is 11.4 Å². The number of ether oxygens (including phenoxy) is 1. The van der Waals surface area contributed by atoms with Crippen molar-refractivity contribution in [1.82, 2.24) is 10.6 Å². The number of morpholine rings is 1. The number of fused-ring (bicyclic) bond motifs is 1. The van der Waals surface area contributed by atoms with Crippen molar-refractivity contribution in [3.8, 4) is 0 Å². The van der Waals surface area contributed by atoms with Crippen LogP contribution in [-0.4, -0.2) is 64.4 Å². The zero-order valence-electron chi connectivity index (χ0n) is 18.1. The van der Waals surface area contributed by atoms with Crippen LogP contribution in [0.3, 0.4) is 0 Å². The van der Waals surface area contributed by atoms with Crippen molar-refractivity contribution < 1.29 is 9.53 Å². The zero-order valence-corrected chi connectivity index (χ0v) is 18.1. The first-order chi connectivity index (χ1) is 15.3. The van der Waals surface area contributed by atoms with Crippen LogP contribution < -0.4 is 20.4 Å². The van der Waals surface area contributed by atoms with Gasteiger partial charge >= 0.3 is 0 Å². The van der Waals surface area contributed by atoms with E-state index in [1.54, 1.807) is 0 Å². The van der Waals surface area contributed by atoms with E-state index in [0.717, 1.165) is 83.0 Å². The molecule has 1 unspecified atom stereocenters. The van der Waals surface area contributed by atoms with Gasteiger partial charge in [-0.3, -0.25) is 4.79 Å². The Morgan fingerprint density at radius 2 is 1.74 bits per heavy atom. The number of aryl methyl sites for hydroxylation is 1. The Kier molecular flexibility index (Phi) is 6.09. The van der Waals surface area contributed by atoms with Gasteiger partial charge in [-0.2, -0.15) is 0 Å². The van der Waals surface area contributed by atoms with Crippen LogP contribution in [0, 0.1) is 0 Å². The van der Waals surface area contributed by atoms with Gasteiger partial charge in [0, 0.05) is 62.2 Å². The molecule has 2 fully saturated rings. The molecule has 2 aromatic carbocycles. The van der Waals surface area contributed by atoms with Crippen molar-refractivity contribution in [1.29, 1.82) is 0 Å². The van der Waals surface area contributed by atoms with Crippen molar-refractivity contribution >= 4 is 17.3 Å². The maximum atomic E-state index is 12.9. The molecule has 2 N–H and O–H groups in total.